The van der Waals surface area contributed by atoms with Crippen LogP contribution >= 0.6 is 31.9 Å². The summed E-state index contributed by atoms with van der Waals surface area (Å²) in [4.78, 5) is 26.2. The zero-order valence-electron chi connectivity index (χ0n) is 16.6. The first-order chi connectivity index (χ1) is 14.9. The molecule has 0 aromatic heterocycles. The van der Waals surface area contributed by atoms with Gasteiger partial charge in [-0.1, -0.05) is 24.3 Å². The van der Waals surface area contributed by atoms with E-state index in [0.717, 1.165) is 5.56 Å². The quantitative estimate of drug-likeness (QED) is 0.554. The highest BCUT2D eigenvalue weighted by Gasteiger charge is 2.43. The van der Waals surface area contributed by atoms with Crippen molar-refractivity contribution in [2.75, 3.05) is 13.7 Å². The Labute approximate surface area is 195 Å². The van der Waals surface area contributed by atoms with Crippen LogP contribution in [0, 0.1) is 11.3 Å². The molecule has 156 valence electrons. The molecule has 2 aromatic carbocycles. The van der Waals surface area contributed by atoms with Gasteiger partial charge in [0.1, 0.15) is 11.8 Å². The molecule has 0 spiro atoms. The summed E-state index contributed by atoms with van der Waals surface area (Å²) in [5.41, 5.74) is 4.30. The maximum atomic E-state index is 13.4. The van der Waals surface area contributed by atoms with Gasteiger partial charge in [-0.05, 0) is 56.5 Å². The first-order valence-electron chi connectivity index (χ1n) is 9.32. The van der Waals surface area contributed by atoms with E-state index in [0.29, 0.717) is 48.4 Å². The van der Waals surface area contributed by atoms with E-state index in [4.69, 9.17) is 14.7 Å². The van der Waals surface area contributed by atoms with Crippen LogP contribution < -0.4 is 10.1 Å². The molecular formula is C23H16Br2N2O4. The van der Waals surface area contributed by atoms with Crippen LogP contribution in [0.25, 0.3) is 5.70 Å². The third kappa shape index (κ3) is 3.48. The third-order valence-electron chi connectivity index (χ3n) is 5.29. The van der Waals surface area contributed by atoms with Gasteiger partial charge in [0.25, 0.3) is 0 Å². The number of fused-ring (bicyclic) bond motifs is 2. The molecule has 8 heteroatoms. The number of nitrogens with one attached hydrogen (secondary N) is 1. The van der Waals surface area contributed by atoms with Crippen LogP contribution in [0.15, 0.2) is 62.2 Å². The van der Waals surface area contributed by atoms with E-state index >= 15 is 0 Å². The van der Waals surface area contributed by atoms with E-state index in [9.17, 15) is 9.59 Å². The van der Waals surface area contributed by atoms with Crippen molar-refractivity contribution < 1.29 is 19.1 Å². The summed E-state index contributed by atoms with van der Waals surface area (Å²) in [5.74, 6) is -0.813. The fraction of sp³-hybridized carbons (Fsp3) is 0.174. The van der Waals surface area contributed by atoms with Gasteiger partial charge in [0.15, 0.2) is 12.4 Å². The number of benzene rings is 2. The molecule has 4 rings (SSSR count). The molecule has 0 bridgehead atoms. The summed E-state index contributed by atoms with van der Waals surface area (Å²) in [6.45, 7) is 1.68. The molecule has 0 saturated heterocycles. The predicted molar refractivity (Wildman–Crippen MR) is 121 cm³/mol. The first kappa shape index (κ1) is 21.3. The van der Waals surface area contributed by atoms with E-state index in [1.165, 1.54) is 7.11 Å². The van der Waals surface area contributed by atoms with Crippen molar-refractivity contribution in [2.24, 2.45) is 0 Å². The SMILES string of the molecule is COC(=O)C1=C(C)NC2=C(C(=O)c3ccccc32)[C@H]1c1cc(Br)c(OCC#N)c(Br)c1. The lowest BCUT2D eigenvalue weighted by atomic mass is 9.80. The number of halogens is 2. The Balaban J connectivity index is 1.92. The van der Waals surface area contributed by atoms with Gasteiger partial charge in [-0.25, -0.2) is 4.79 Å². The molecule has 0 radical (unpaired) electrons. The van der Waals surface area contributed by atoms with Crippen molar-refractivity contribution in [1.82, 2.24) is 5.32 Å². The maximum Gasteiger partial charge on any atom is 0.336 e. The van der Waals surface area contributed by atoms with E-state index in [-0.39, 0.29) is 12.4 Å². The van der Waals surface area contributed by atoms with Gasteiger partial charge in [-0.3, -0.25) is 4.79 Å². The third-order valence-corrected chi connectivity index (χ3v) is 6.47. The van der Waals surface area contributed by atoms with E-state index in [1.807, 2.05) is 24.3 Å². The second-order valence-corrected chi connectivity index (χ2v) is 8.72. The zero-order valence-corrected chi connectivity index (χ0v) is 19.8. The number of methoxy groups -OCH3 is 1. The lowest BCUT2D eigenvalue weighted by Crippen LogP contribution is -2.29. The van der Waals surface area contributed by atoms with Crippen LogP contribution in [-0.4, -0.2) is 25.5 Å². The normalized spacial score (nSPS) is 17.0. The molecule has 2 aromatic rings. The van der Waals surface area contributed by atoms with Crippen molar-refractivity contribution in [1.29, 1.82) is 5.26 Å². The number of Topliss-reactive ketones (excluding diaryl/α,β-unsaturated/α-hetero) is 1. The molecular weight excluding hydrogens is 528 g/mol. The molecule has 31 heavy (non-hydrogen) atoms. The minimum absolute atomic E-state index is 0.112. The average molecular weight is 544 g/mol. The van der Waals surface area contributed by atoms with Crippen LogP contribution in [0.4, 0.5) is 0 Å². The summed E-state index contributed by atoms with van der Waals surface area (Å²) in [6, 6.07) is 12.9. The molecule has 1 heterocycles. The number of carbonyl (C=O) groups excluding carboxylic acids is 2. The highest BCUT2D eigenvalue weighted by Crippen LogP contribution is 2.48. The number of allylic oxidation sites excluding steroid dienone is 2. The molecule has 0 amide bonds. The van der Waals surface area contributed by atoms with Gasteiger partial charge in [0.05, 0.1) is 27.3 Å². The Morgan fingerprint density at radius 2 is 1.84 bits per heavy atom. The van der Waals surface area contributed by atoms with Crippen LogP contribution in [0.2, 0.25) is 0 Å². The minimum Gasteiger partial charge on any atom is -0.476 e. The Kier molecular flexibility index (Phi) is 5.73. The number of nitrogens with zero attached hydrogens (tertiary/aromatic N) is 1. The molecule has 2 aliphatic rings. The van der Waals surface area contributed by atoms with E-state index < -0.39 is 11.9 Å². The molecule has 1 atom stereocenters. The molecule has 0 unspecified atom stereocenters. The van der Waals surface area contributed by atoms with Crippen LogP contribution in [0.5, 0.6) is 5.75 Å². The van der Waals surface area contributed by atoms with Gasteiger partial charge < -0.3 is 14.8 Å². The number of esters is 1. The Morgan fingerprint density at radius 1 is 1.19 bits per heavy atom. The van der Waals surface area contributed by atoms with E-state index in [1.54, 1.807) is 25.1 Å². The number of ketones is 1. The second kappa shape index (κ2) is 8.33. The number of nitriles is 1. The van der Waals surface area contributed by atoms with Crippen LogP contribution in [0.1, 0.15) is 34.3 Å². The number of hydrogen-bond donors (Lipinski definition) is 1. The van der Waals surface area contributed by atoms with Crippen LogP contribution in [0.3, 0.4) is 0 Å². The molecule has 1 aliphatic heterocycles. The van der Waals surface area contributed by atoms with Gasteiger partial charge in [-0.2, -0.15) is 5.26 Å². The lowest BCUT2D eigenvalue weighted by molar-refractivity contribution is -0.136. The smallest absolute Gasteiger partial charge is 0.336 e. The maximum absolute atomic E-state index is 13.4. The van der Waals surface area contributed by atoms with Gasteiger partial charge in [0, 0.05) is 28.3 Å². The standard InChI is InChI=1S/C23H16Br2N2O4/c1-11-17(23(29)30-2)18(12-9-15(24)22(16(25)10-12)31-8-7-26)19-20(27-11)13-5-3-4-6-14(13)21(19)28/h3-6,9-10,18,27H,8H2,1-2H3/t18-/m0/s1. The predicted octanol–water partition coefficient (Wildman–Crippen LogP) is 4.86. The number of dihydropyridines is 1. The summed E-state index contributed by atoms with van der Waals surface area (Å²) in [5, 5.41) is 12.1. The van der Waals surface area contributed by atoms with Crippen molar-refractivity contribution >= 4 is 49.3 Å². The Bertz CT molecular complexity index is 1220. The Morgan fingerprint density at radius 3 is 2.45 bits per heavy atom. The van der Waals surface area contributed by atoms with Crippen molar-refractivity contribution in [3.8, 4) is 11.8 Å². The molecule has 0 saturated carbocycles. The largest absolute Gasteiger partial charge is 0.476 e. The fourth-order valence-electron chi connectivity index (χ4n) is 4.03. The number of carbonyl (C=O) groups is 2. The topological polar surface area (TPSA) is 88.4 Å². The average Bonchev–Trinajstić information content (AvgIpc) is 3.03. The van der Waals surface area contributed by atoms with Crippen molar-refractivity contribution in [2.45, 2.75) is 12.8 Å². The molecule has 1 aliphatic carbocycles. The summed E-state index contributed by atoms with van der Waals surface area (Å²) >= 11 is 6.97. The van der Waals surface area contributed by atoms with Gasteiger partial charge >= 0.3 is 5.97 Å². The highest BCUT2D eigenvalue weighted by molar-refractivity contribution is 9.11. The minimum atomic E-state index is -0.638. The summed E-state index contributed by atoms with van der Waals surface area (Å²) in [6.07, 6.45) is 0. The van der Waals surface area contributed by atoms with E-state index in [2.05, 4.69) is 37.2 Å². The number of hydrogen-bond acceptors (Lipinski definition) is 6. The first-order valence-corrected chi connectivity index (χ1v) is 10.9. The van der Waals surface area contributed by atoms with Crippen LogP contribution in [-0.2, 0) is 9.53 Å². The fourth-order valence-corrected chi connectivity index (χ4v) is 5.48. The highest BCUT2D eigenvalue weighted by atomic mass is 79.9. The molecule has 6 nitrogen and oxygen atoms in total. The lowest BCUT2D eigenvalue weighted by Gasteiger charge is -2.29. The second-order valence-electron chi connectivity index (χ2n) is 7.01. The Hall–Kier alpha value is -2.89. The summed E-state index contributed by atoms with van der Waals surface area (Å²) in [7, 11) is 1.32. The van der Waals surface area contributed by atoms with Gasteiger partial charge in [0.2, 0.25) is 0 Å². The number of rotatable bonds is 4. The van der Waals surface area contributed by atoms with Crippen molar-refractivity contribution in [3.05, 3.63) is 78.9 Å². The van der Waals surface area contributed by atoms with Crippen molar-refractivity contribution in [3.63, 3.8) is 0 Å². The monoisotopic (exact) mass is 542 g/mol. The zero-order chi connectivity index (χ0) is 22.3. The van der Waals surface area contributed by atoms with Gasteiger partial charge in [-0.15, -0.1) is 0 Å². The number of ether oxygens (including phenoxy) is 2. The molecule has 0 fully saturated rings. The molecule has 1 N–H and O–H groups in total. The summed E-state index contributed by atoms with van der Waals surface area (Å²) < 4.78 is 11.7.